The number of amides is 1. The summed E-state index contributed by atoms with van der Waals surface area (Å²) in [7, 11) is 0. The number of hydrogen-bond acceptors (Lipinski definition) is 4. The van der Waals surface area contributed by atoms with Gasteiger partial charge in [0.05, 0.1) is 17.1 Å². The highest BCUT2D eigenvalue weighted by atomic mass is 79.9. The normalized spacial score (nSPS) is 10.3. The Labute approximate surface area is 112 Å². The molecule has 0 spiro atoms. The zero-order valence-electron chi connectivity index (χ0n) is 9.64. The number of nitrogen functional groups attached to an aromatic ring is 1. The first-order valence-corrected chi connectivity index (χ1v) is 5.98. The van der Waals surface area contributed by atoms with Gasteiger partial charge >= 0.3 is 0 Å². The van der Waals surface area contributed by atoms with Crippen molar-refractivity contribution in [2.75, 3.05) is 5.73 Å². The highest BCUT2D eigenvalue weighted by molar-refractivity contribution is 9.10. The minimum absolute atomic E-state index is 0.0492. The zero-order valence-corrected chi connectivity index (χ0v) is 11.2. The number of primary amides is 1. The van der Waals surface area contributed by atoms with Crippen molar-refractivity contribution in [3.63, 3.8) is 0 Å². The van der Waals surface area contributed by atoms with Crippen LogP contribution in [0, 0.1) is 6.92 Å². The molecule has 0 aliphatic heterocycles. The Bertz CT molecular complexity index is 613. The van der Waals surface area contributed by atoms with Crippen LogP contribution in [0.1, 0.15) is 16.1 Å². The molecule has 2 aromatic heterocycles. The molecule has 2 heterocycles. The number of halogens is 1. The molecule has 0 aromatic carbocycles. The van der Waals surface area contributed by atoms with Crippen molar-refractivity contribution in [1.82, 2.24) is 9.97 Å². The van der Waals surface area contributed by atoms with Crippen LogP contribution >= 0.6 is 15.9 Å². The Morgan fingerprint density at radius 2 is 2.11 bits per heavy atom. The summed E-state index contributed by atoms with van der Waals surface area (Å²) in [4.78, 5) is 19.7. The lowest BCUT2D eigenvalue weighted by Gasteiger charge is -2.11. The van der Waals surface area contributed by atoms with Crippen LogP contribution in [-0.2, 0) is 0 Å². The number of hydrogen-bond donors (Lipinski definition) is 2. The molecular formula is C12H11BrN4O. The molecule has 1 amide bonds. The topological polar surface area (TPSA) is 94.9 Å². The molecule has 2 aromatic rings. The van der Waals surface area contributed by atoms with Crippen molar-refractivity contribution in [3.8, 4) is 11.4 Å². The van der Waals surface area contributed by atoms with E-state index in [2.05, 4.69) is 25.9 Å². The Morgan fingerprint density at radius 1 is 1.39 bits per heavy atom. The minimum atomic E-state index is -0.662. The van der Waals surface area contributed by atoms with Crippen molar-refractivity contribution in [3.05, 3.63) is 40.1 Å². The first-order chi connectivity index (χ1) is 8.52. The smallest absolute Gasteiger partial charge is 0.269 e. The third-order valence-corrected chi connectivity index (χ3v) is 3.56. The number of nitrogens with zero attached hydrogens (tertiary/aromatic N) is 2. The number of rotatable bonds is 2. The number of carbonyl (C=O) groups excluding carboxylic acids is 1. The molecule has 0 saturated heterocycles. The molecule has 18 heavy (non-hydrogen) atoms. The first-order valence-electron chi connectivity index (χ1n) is 5.19. The van der Waals surface area contributed by atoms with E-state index in [1.165, 1.54) is 0 Å². The van der Waals surface area contributed by atoms with Crippen LogP contribution in [0.5, 0.6) is 0 Å². The van der Waals surface area contributed by atoms with Crippen LogP contribution in [0.15, 0.2) is 28.9 Å². The van der Waals surface area contributed by atoms with Crippen LogP contribution < -0.4 is 11.5 Å². The molecule has 2 rings (SSSR count). The standard InChI is InChI=1S/C12H11BrN4O/c1-6-8(13)9(14)11(12(15)18)17-10(6)7-4-2-3-5-16-7/h2-5H,14H2,1H3,(H2,15,18). The Balaban J connectivity index is 2.73. The second kappa shape index (κ2) is 4.73. The molecule has 0 fully saturated rings. The predicted octanol–water partition coefficient (Wildman–Crippen LogP) is 1.90. The van der Waals surface area contributed by atoms with Gasteiger partial charge in [-0.1, -0.05) is 6.07 Å². The summed E-state index contributed by atoms with van der Waals surface area (Å²) in [6, 6.07) is 5.46. The summed E-state index contributed by atoms with van der Waals surface area (Å²) in [5.41, 5.74) is 13.4. The molecule has 0 atom stereocenters. The lowest BCUT2D eigenvalue weighted by molar-refractivity contribution is 0.0996. The van der Waals surface area contributed by atoms with E-state index in [-0.39, 0.29) is 11.4 Å². The molecule has 0 aliphatic rings. The van der Waals surface area contributed by atoms with Crippen LogP contribution in [0.25, 0.3) is 11.4 Å². The maximum absolute atomic E-state index is 11.3. The fourth-order valence-electron chi connectivity index (χ4n) is 1.61. The molecule has 0 unspecified atom stereocenters. The predicted molar refractivity (Wildman–Crippen MR) is 72.8 cm³/mol. The van der Waals surface area contributed by atoms with Gasteiger partial charge in [0, 0.05) is 10.7 Å². The van der Waals surface area contributed by atoms with E-state index in [0.29, 0.717) is 15.9 Å². The van der Waals surface area contributed by atoms with Crippen molar-refractivity contribution in [2.45, 2.75) is 6.92 Å². The molecule has 4 N–H and O–H groups in total. The molecule has 0 radical (unpaired) electrons. The zero-order chi connectivity index (χ0) is 13.3. The molecule has 6 heteroatoms. The highest BCUT2D eigenvalue weighted by Gasteiger charge is 2.18. The van der Waals surface area contributed by atoms with Crippen molar-refractivity contribution in [2.24, 2.45) is 5.73 Å². The van der Waals surface area contributed by atoms with Gasteiger partial charge in [0.2, 0.25) is 0 Å². The maximum atomic E-state index is 11.3. The van der Waals surface area contributed by atoms with Crippen LogP contribution in [0.4, 0.5) is 5.69 Å². The number of aromatic nitrogens is 2. The molecule has 0 saturated carbocycles. The molecule has 0 aliphatic carbocycles. The second-order valence-electron chi connectivity index (χ2n) is 3.74. The summed E-state index contributed by atoms with van der Waals surface area (Å²) in [6.07, 6.45) is 1.66. The Kier molecular flexibility index (Phi) is 3.29. The number of nitrogens with two attached hydrogens (primary N) is 2. The first kappa shape index (κ1) is 12.5. The molecule has 92 valence electrons. The Hall–Kier alpha value is -1.95. The van der Waals surface area contributed by atoms with Gasteiger partial charge in [0.25, 0.3) is 5.91 Å². The van der Waals surface area contributed by atoms with Gasteiger partial charge in [-0.25, -0.2) is 4.98 Å². The van der Waals surface area contributed by atoms with E-state index < -0.39 is 5.91 Å². The van der Waals surface area contributed by atoms with Gasteiger partial charge in [-0.15, -0.1) is 0 Å². The molecule has 5 nitrogen and oxygen atoms in total. The van der Waals surface area contributed by atoms with Crippen molar-refractivity contribution in [1.29, 1.82) is 0 Å². The number of carbonyl (C=O) groups is 1. The van der Waals surface area contributed by atoms with E-state index in [4.69, 9.17) is 11.5 Å². The average molecular weight is 307 g/mol. The van der Waals surface area contributed by atoms with E-state index in [9.17, 15) is 4.79 Å². The Morgan fingerprint density at radius 3 is 2.67 bits per heavy atom. The van der Waals surface area contributed by atoms with Crippen molar-refractivity contribution >= 4 is 27.5 Å². The highest BCUT2D eigenvalue weighted by Crippen LogP contribution is 2.32. The third kappa shape index (κ3) is 2.06. The van der Waals surface area contributed by atoms with E-state index in [1.54, 1.807) is 12.3 Å². The lowest BCUT2D eigenvalue weighted by atomic mass is 10.1. The quantitative estimate of drug-likeness (QED) is 0.885. The van der Waals surface area contributed by atoms with Gasteiger partial charge in [-0.3, -0.25) is 9.78 Å². The van der Waals surface area contributed by atoms with Crippen LogP contribution in [0.2, 0.25) is 0 Å². The molecular weight excluding hydrogens is 296 g/mol. The summed E-state index contributed by atoms with van der Waals surface area (Å²) < 4.78 is 0.618. The van der Waals surface area contributed by atoms with E-state index in [1.807, 2.05) is 19.1 Å². The van der Waals surface area contributed by atoms with E-state index in [0.717, 1.165) is 5.56 Å². The van der Waals surface area contributed by atoms with Gasteiger partial charge in [0.15, 0.2) is 5.69 Å². The fraction of sp³-hybridized carbons (Fsp3) is 0.0833. The van der Waals surface area contributed by atoms with Gasteiger partial charge in [-0.2, -0.15) is 0 Å². The van der Waals surface area contributed by atoms with Gasteiger partial charge in [0.1, 0.15) is 0 Å². The lowest BCUT2D eigenvalue weighted by Crippen LogP contribution is -2.17. The second-order valence-corrected chi connectivity index (χ2v) is 4.53. The largest absolute Gasteiger partial charge is 0.396 e. The SMILES string of the molecule is Cc1c(-c2ccccn2)nc(C(N)=O)c(N)c1Br. The monoisotopic (exact) mass is 306 g/mol. The van der Waals surface area contributed by atoms with E-state index >= 15 is 0 Å². The number of pyridine rings is 2. The third-order valence-electron chi connectivity index (χ3n) is 2.54. The summed E-state index contributed by atoms with van der Waals surface area (Å²) in [6.45, 7) is 1.85. The minimum Gasteiger partial charge on any atom is -0.396 e. The summed E-state index contributed by atoms with van der Waals surface area (Å²) in [5, 5.41) is 0. The average Bonchev–Trinajstić information content (AvgIpc) is 2.37. The van der Waals surface area contributed by atoms with Gasteiger partial charge < -0.3 is 11.5 Å². The maximum Gasteiger partial charge on any atom is 0.269 e. The van der Waals surface area contributed by atoms with Gasteiger partial charge in [-0.05, 0) is 40.5 Å². The number of anilines is 1. The fourth-order valence-corrected chi connectivity index (χ4v) is 1.98. The van der Waals surface area contributed by atoms with Crippen LogP contribution in [-0.4, -0.2) is 15.9 Å². The van der Waals surface area contributed by atoms with Crippen LogP contribution in [0.3, 0.4) is 0 Å². The summed E-state index contributed by atoms with van der Waals surface area (Å²) in [5.74, 6) is -0.662. The van der Waals surface area contributed by atoms with Crippen molar-refractivity contribution < 1.29 is 4.79 Å². The molecule has 0 bridgehead atoms. The summed E-state index contributed by atoms with van der Waals surface area (Å²) >= 11 is 3.35.